The van der Waals surface area contributed by atoms with Gasteiger partial charge in [0.25, 0.3) is 11.2 Å². The molecule has 0 aliphatic carbocycles. The number of anilines is 1. The molecule has 3 aromatic rings. The van der Waals surface area contributed by atoms with Gasteiger partial charge in [-0.2, -0.15) is 0 Å². The van der Waals surface area contributed by atoms with Crippen molar-refractivity contribution in [2.45, 2.75) is 13.5 Å². The monoisotopic (exact) mass is 368 g/mol. The van der Waals surface area contributed by atoms with Crippen molar-refractivity contribution >= 4 is 23.0 Å². The van der Waals surface area contributed by atoms with Gasteiger partial charge in [-0.25, -0.2) is 9.78 Å². The topological polar surface area (TPSA) is 116 Å². The lowest BCUT2D eigenvalue weighted by atomic mass is 10.1. The number of non-ortho nitro benzene ring substituents is 1. The van der Waals surface area contributed by atoms with Crippen LogP contribution in [0.15, 0.2) is 47.4 Å². The summed E-state index contributed by atoms with van der Waals surface area (Å²) >= 11 is 0. The van der Waals surface area contributed by atoms with Crippen molar-refractivity contribution in [1.82, 2.24) is 9.38 Å². The van der Waals surface area contributed by atoms with Crippen LogP contribution in [0.1, 0.15) is 21.6 Å². The number of benzene rings is 1. The number of nitrogens with one attached hydrogen (secondary N) is 1. The van der Waals surface area contributed by atoms with E-state index in [-0.39, 0.29) is 29.1 Å². The van der Waals surface area contributed by atoms with E-state index in [9.17, 15) is 19.7 Å². The van der Waals surface area contributed by atoms with E-state index in [4.69, 9.17) is 4.74 Å². The van der Waals surface area contributed by atoms with Crippen LogP contribution >= 0.6 is 0 Å². The Bertz CT molecular complexity index is 1110. The van der Waals surface area contributed by atoms with Crippen LogP contribution < -0.4 is 10.9 Å². The van der Waals surface area contributed by atoms with Crippen molar-refractivity contribution in [3.05, 3.63) is 79.9 Å². The second kappa shape index (κ2) is 7.24. The van der Waals surface area contributed by atoms with E-state index < -0.39 is 10.9 Å². The number of hydrogen-bond donors (Lipinski definition) is 1. The lowest BCUT2D eigenvalue weighted by Crippen LogP contribution is -2.17. The Hall–Kier alpha value is -3.75. The Kier molecular flexibility index (Phi) is 4.84. The minimum Gasteiger partial charge on any atom is -0.456 e. The number of esters is 1. The van der Waals surface area contributed by atoms with Gasteiger partial charge >= 0.3 is 5.97 Å². The van der Waals surface area contributed by atoms with Crippen molar-refractivity contribution in [2.75, 3.05) is 12.4 Å². The molecule has 9 nitrogen and oxygen atoms in total. The number of carbonyl (C=O) groups is 1. The number of ether oxygens (including phenoxy) is 1. The molecule has 0 saturated heterocycles. The van der Waals surface area contributed by atoms with Crippen molar-refractivity contribution in [2.24, 2.45) is 0 Å². The summed E-state index contributed by atoms with van der Waals surface area (Å²) < 4.78 is 6.61. The maximum absolute atomic E-state index is 12.4. The zero-order valence-corrected chi connectivity index (χ0v) is 14.6. The van der Waals surface area contributed by atoms with Crippen LogP contribution in [0.25, 0.3) is 5.65 Å². The highest BCUT2D eigenvalue weighted by Crippen LogP contribution is 2.23. The highest BCUT2D eigenvalue weighted by Gasteiger charge is 2.18. The summed E-state index contributed by atoms with van der Waals surface area (Å²) in [5, 5.41) is 13.7. The van der Waals surface area contributed by atoms with Crippen molar-refractivity contribution < 1.29 is 14.5 Å². The van der Waals surface area contributed by atoms with Gasteiger partial charge in [0.15, 0.2) is 0 Å². The van der Waals surface area contributed by atoms with Crippen LogP contribution in [0, 0.1) is 17.0 Å². The van der Waals surface area contributed by atoms with Crippen molar-refractivity contribution in [3.63, 3.8) is 0 Å². The summed E-state index contributed by atoms with van der Waals surface area (Å²) in [6, 6.07) is 8.65. The van der Waals surface area contributed by atoms with Gasteiger partial charge in [-0.3, -0.25) is 19.3 Å². The normalized spacial score (nSPS) is 10.6. The Morgan fingerprint density at radius 2 is 2.07 bits per heavy atom. The molecule has 0 bridgehead atoms. The highest BCUT2D eigenvalue weighted by molar-refractivity contribution is 5.96. The summed E-state index contributed by atoms with van der Waals surface area (Å²) in [6.45, 7) is 1.63. The molecular formula is C18H16N4O5. The standard InChI is InChI=1S/C18H16N4O5/c1-11-3-6-16-20-12(7-17(23)21(16)9-11)10-27-18(24)14-8-13(22(25)26)4-5-15(14)19-2/h3-9,19H,10H2,1-2H3. The van der Waals surface area contributed by atoms with Gasteiger partial charge in [-0.05, 0) is 24.6 Å². The molecule has 0 unspecified atom stereocenters. The molecule has 0 amide bonds. The SMILES string of the molecule is CNc1ccc([N+](=O)[O-])cc1C(=O)OCc1cc(=O)n2cc(C)ccc2n1. The van der Waals surface area contributed by atoms with Gasteiger partial charge in [0.2, 0.25) is 0 Å². The fourth-order valence-corrected chi connectivity index (χ4v) is 2.58. The maximum Gasteiger partial charge on any atom is 0.340 e. The van der Waals surface area contributed by atoms with Crippen LogP contribution in [-0.2, 0) is 11.3 Å². The minimum absolute atomic E-state index is 0.0276. The fourth-order valence-electron chi connectivity index (χ4n) is 2.58. The zero-order chi connectivity index (χ0) is 19.6. The highest BCUT2D eigenvalue weighted by atomic mass is 16.6. The van der Waals surface area contributed by atoms with Crippen molar-refractivity contribution in [3.8, 4) is 0 Å². The van der Waals surface area contributed by atoms with Crippen LogP contribution in [0.5, 0.6) is 0 Å². The molecule has 3 rings (SSSR count). The first-order valence-electron chi connectivity index (χ1n) is 8.01. The molecule has 2 aromatic heterocycles. The van der Waals surface area contributed by atoms with Gasteiger partial charge in [-0.1, -0.05) is 6.07 Å². The van der Waals surface area contributed by atoms with E-state index in [1.807, 2.05) is 13.0 Å². The number of nitro groups is 1. The third kappa shape index (κ3) is 3.76. The molecule has 2 heterocycles. The average Bonchev–Trinajstić information content (AvgIpc) is 2.66. The van der Waals surface area contributed by atoms with E-state index in [0.29, 0.717) is 11.3 Å². The third-order valence-electron chi connectivity index (χ3n) is 3.91. The second-order valence-corrected chi connectivity index (χ2v) is 5.83. The number of nitrogens with zero attached hydrogens (tertiary/aromatic N) is 3. The predicted molar refractivity (Wildman–Crippen MR) is 98.0 cm³/mol. The van der Waals surface area contributed by atoms with E-state index in [0.717, 1.165) is 11.6 Å². The lowest BCUT2D eigenvalue weighted by Gasteiger charge is -2.09. The van der Waals surface area contributed by atoms with Gasteiger partial charge in [-0.15, -0.1) is 0 Å². The molecule has 1 N–H and O–H groups in total. The molecule has 138 valence electrons. The molecule has 0 aliphatic rings. The van der Waals surface area contributed by atoms with Gasteiger partial charge in [0.05, 0.1) is 16.2 Å². The molecule has 27 heavy (non-hydrogen) atoms. The number of pyridine rings is 1. The van der Waals surface area contributed by atoms with E-state index in [2.05, 4.69) is 10.3 Å². The minimum atomic E-state index is -0.756. The van der Waals surface area contributed by atoms with Crippen LogP contribution in [0.2, 0.25) is 0 Å². The Balaban J connectivity index is 1.85. The Morgan fingerprint density at radius 1 is 1.30 bits per heavy atom. The largest absolute Gasteiger partial charge is 0.456 e. The summed E-state index contributed by atoms with van der Waals surface area (Å²) in [4.78, 5) is 39.2. The van der Waals surface area contributed by atoms with Crippen LogP contribution in [-0.4, -0.2) is 27.3 Å². The first-order valence-corrected chi connectivity index (χ1v) is 8.01. The zero-order valence-electron chi connectivity index (χ0n) is 14.6. The molecule has 0 fully saturated rings. The van der Waals surface area contributed by atoms with Crippen LogP contribution in [0.3, 0.4) is 0 Å². The quantitative estimate of drug-likeness (QED) is 0.417. The molecule has 0 radical (unpaired) electrons. The van der Waals surface area contributed by atoms with Gasteiger partial charge < -0.3 is 10.1 Å². The van der Waals surface area contributed by atoms with Crippen LogP contribution in [0.4, 0.5) is 11.4 Å². The summed E-state index contributed by atoms with van der Waals surface area (Å²) in [7, 11) is 1.59. The Labute approximate surface area is 153 Å². The number of aryl methyl sites for hydroxylation is 1. The number of carbonyl (C=O) groups excluding carboxylic acids is 1. The molecule has 9 heteroatoms. The summed E-state index contributed by atoms with van der Waals surface area (Å²) in [5.41, 5.74) is 1.54. The Morgan fingerprint density at radius 3 is 2.78 bits per heavy atom. The molecule has 0 atom stereocenters. The average molecular weight is 368 g/mol. The summed E-state index contributed by atoms with van der Waals surface area (Å²) in [6.07, 6.45) is 1.67. The molecule has 1 aromatic carbocycles. The van der Waals surface area contributed by atoms with Gasteiger partial charge in [0.1, 0.15) is 12.3 Å². The van der Waals surface area contributed by atoms with Crippen molar-refractivity contribution in [1.29, 1.82) is 0 Å². The molecule has 0 spiro atoms. The van der Waals surface area contributed by atoms with E-state index >= 15 is 0 Å². The second-order valence-electron chi connectivity index (χ2n) is 5.83. The molecular weight excluding hydrogens is 352 g/mol. The van der Waals surface area contributed by atoms with E-state index in [1.165, 1.54) is 22.6 Å². The predicted octanol–water partition coefficient (Wildman–Crippen LogP) is 2.31. The van der Waals surface area contributed by atoms with Gasteiger partial charge in [0, 0.05) is 37.1 Å². The number of hydrogen-bond acceptors (Lipinski definition) is 7. The number of aromatic nitrogens is 2. The van der Waals surface area contributed by atoms with E-state index in [1.54, 1.807) is 19.3 Å². The first-order chi connectivity index (χ1) is 12.9. The smallest absolute Gasteiger partial charge is 0.340 e. The number of fused-ring (bicyclic) bond motifs is 1. The lowest BCUT2D eigenvalue weighted by molar-refractivity contribution is -0.384. The summed E-state index contributed by atoms with van der Waals surface area (Å²) in [5.74, 6) is -0.756. The third-order valence-corrected chi connectivity index (χ3v) is 3.91. The molecule has 0 aliphatic heterocycles. The fraction of sp³-hybridized carbons (Fsp3) is 0.167. The number of nitro benzene ring substituents is 1. The first kappa shape index (κ1) is 18.1. The maximum atomic E-state index is 12.4. The number of rotatable bonds is 5. The molecule has 0 saturated carbocycles.